The van der Waals surface area contributed by atoms with Crippen molar-refractivity contribution in [1.29, 1.82) is 0 Å². The number of hydrogen-bond acceptors (Lipinski definition) is 25. The lowest BCUT2D eigenvalue weighted by Crippen LogP contribution is -2.47. The van der Waals surface area contributed by atoms with E-state index in [1.165, 1.54) is 0 Å². The first-order valence-electron chi connectivity index (χ1n) is 30.1. The van der Waals surface area contributed by atoms with Crippen LogP contribution in [0.25, 0.3) is 0 Å². The van der Waals surface area contributed by atoms with Crippen molar-refractivity contribution in [3.05, 3.63) is 75.9 Å². The molecule has 0 rings (SSSR count). The van der Waals surface area contributed by atoms with Crippen molar-refractivity contribution in [2.75, 3.05) is 92.5 Å². The first-order valence-corrected chi connectivity index (χ1v) is 30.1. The lowest BCUT2D eigenvalue weighted by atomic mass is 9.90. The Kier molecular flexibility index (Phi) is 48.4. The van der Waals surface area contributed by atoms with Crippen molar-refractivity contribution < 1.29 is 119 Å². The highest BCUT2D eigenvalue weighted by Gasteiger charge is 2.41. The van der Waals surface area contributed by atoms with Crippen LogP contribution < -0.4 is 0 Å². The third-order valence-corrected chi connectivity index (χ3v) is 12.7. The van der Waals surface area contributed by atoms with Crippen LogP contribution in [0.4, 0.5) is 0 Å². The third kappa shape index (κ3) is 46.8. The summed E-state index contributed by atoms with van der Waals surface area (Å²) in [5, 5.41) is 0. The lowest BCUT2D eigenvalue weighted by molar-refractivity contribution is -0.176. The summed E-state index contributed by atoms with van der Waals surface area (Å²) in [6, 6.07) is 0. The summed E-state index contributed by atoms with van der Waals surface area (Å²) < 4.78 is 71.4. The van der Waals surface area contributed by atoms with E-state index in [-0.39, 0.29) is 78.2 Å². The molecule has 25 nitrogen and oxygen atoms in total. The van der Waals surface area contributed by atoms with Gasteiger partial charge in [-0.1, -0.05) is 39.5 Å². The molecule has 0 fully saturated rings. The fraction of sp³-hybridized carbons (Fsp3) is 0.625. The van der Waals surface area contributed by atoms with Crippen LogP contribution in [0.2, 0.25) is 0 Å². The second kappa shape index (κ2) is 53.1. The van der Waals surface area contributed by atoms with E-state index < -0.39 is 135 Å². The van der Waals surface area contributed by atoms with Crippen LogP contribution in [0.3, 0.4) is 0 Å². The Bertz CT molecular complexity index is 1850. The van der Waals surface area contributed by atoms with Gasteiger partial charge in [0.1, 0.15) is 39.6 Å². The smallest absolute Gasteiger partial charge is 0.330 e. The Labute approximate surface area is 522 Å². The molecule has 0 spiro atoms. The summed E-state index contributed by atoms with van der Waals surface area (Å²) in [6.07, 6.45) is 12.8. The molecule has 0 aromatic rings. The molecule has 0 N–H and O–H groups in total. The topological polar surface area (TPSA) is 325 Å². The summed E-state index contributed by atoms with van der Waals surface area (Å²) in [4.78, 5) is 150. The maximum Gasteiger partial charge on any atom is 0.330 e. The van der Waals surface area contributed by atoms with Crippen molar-refractivity contribution in [3.8, 4) is 0 Å². The van der Waals surface area contributed by atoms with Crippen LogP contribution in [0.1, 0.15) is 154 Å². The number of unbranched alkanes of at least 4 members (excludes halogenated alkanes) is 12. The summed E-state index contributed by atoms with van der Waals surface area (Å²) in [5.41, 5.74) is -3.35. The van der Waals surface area contributed by atoms with Gasteiger partial charge in [-0.05, 0) is 116 Å². The number of ether oxygens (including phenoxy) is 13. The molecule has 0 heterocycles. The normalized spacial score (nSPS) is 10.8. The van der Waals surface area contributed by atoms with Gasteiger partial charge < -0.3 is 61.6 Å². The maximum absolute atomic E-state index is 13.4. The second-order valence-corrected chi connectivity index (χ2v) is 20.6. The fourth-order valence-electron chi connectivity index (χ4n) is 7.50. The zero-order chi connectivity index (χ0) is 66.2. The van der Waals surface area contributed by atoms with Crippen LogP contribution in [0, 0.1) is 10.8 Å². The number of carbonyl (C=O) groups is 12. The van der Waals surface area contributed by atoms with Crippen molar-refractivity contribution in [1.82, 2.24) is 0 Å². The molecule has 0 amide bonds. The molecule has 89 heavy (non-hydrogen) atoms. The molecular formula is C64H94O25. The van der Waals surface area contributed by atoms with E-state index in [4.69, 9.17) is 61.6 Å². The minimum absolute atomic E-state index is 0.0888. The average molecular weight is 1260 g/mol. The van der Waals surface area contributed by atoms with Crippen molar-refractivity contribution >= 4 is 71.6 Å². The highest BCUT2D eigenvalue weighted by Crippen LogP contribution is 2.28. The van der Waals surface area contributed by atoms with E-state index in [1.54, 1.807) is 0 Å². The van der Waals surface area contributed by atoms with Crippen LogP contribution in [0.5, 0.6) is 0 Å². The summed E-state index contributed by atoms with van der Waals surface area (Å²) >= 11 is 0. The molecular weight excluding hydrogens is 1170 g/mol. The van der Waals surface area contributed by atoms with Crippen LogP contribution in [0.15, 0.2) is 75.9 Å². The largest absolute Gasteiger partial charge is 0.465 e. The van der Waals surface area contributed by atoms with Gasteiger partial charge in [0.2, 0.25) is 0 Å². The molecule has 0 bridgehead atoms. The Hall–Kier alpha value is -7.96. The molecule has 0 saturated heterocycles. The molecule has 0 saturated carbocycles. The van der Waals surface area contributed by atoms with E-state index >= 15 is 0 Å². The van der Waals surface area contributed by atoms with Crippen molar-refractivity contribution in [3.63, 3.8) is 0 Å². The Morgan fingerprint density at radius 3 is 0.517 bits per heavy atom. The van der Waals surface area contributed by atoms with E-state index in [0.29, 0.717) is 116 Å². The predicted molar refractivity (Wildman–Crippen MR) is 319 cm³/mol. The second-order valence-electron chi connectivity index (χ2n) is 20.6. The molecule has 0 unspecified atom stereocenters. The average Bonchev–Trinajstić information content (AvgIpc) is 3.06. The Balaban J connectivity index is 7.26. The molecule has 0 aromatic carbocycles. The highest BCUT2D eigenvalue weighted by atomic mass is 16.6. The number of hydrogen-bond donors (Lipinski definition) is 0. The third-order valence-electron chi connectivity index (χ3n) is 12.7. The van der Waals surface area contributed by atoms with E-state index in [2.05, 4.69) is 39.5 Å². The summed E-state index contributed by atoms with van der Waals surface area (Å²) in [5.74, 6) is -7.76. The van der Waals surface area contributed by atoms with Crippen LogP contribution in [-0.2, 0) is 119 Å². The molecule has 0 aliphatic rings. The molecule has 0 atom stereocenters. The molecule has 25 heteroatoms. The number of rotatable bonds is 58. The SMILES string of the molecule is C=CC(=O)OCCCCCC(=O)OCC(COCC(COC(=O)CCCCCOC(=O)C=C)(COC(=O)CCCCCOC(=O)C=C)COC(=O)CCCCCOC(=O)C=C)(COC(=O)CCCCCOC(=O)C=C)COC(=O)CCCCCOC(=O)C=C. The standard InChI is InChI=1S/C64H94O25/c1-7-51(65)78-37-25-13-19-31-57(71)84-45-63(46-85-58(72)32-20-14-26-38-79-52(66)8-2,47-86-59(73)33-21-15-27-39-80-53(67)9-3)43-77-44-64(48-87-60(74)34-22-16-28-40-81-54(68)10-4,49-88-61(75)35-23-17-29-41-82-55(69)11-5)50-89-62(76)36-24-18-30-42-83-56(70)12-6/h7-12H,1-6,13-50H2. The first-order chi connectivity index (χ1) is 42.8. The summed E-state index contributed by atoms with van der Waals surface area (Å²) in [6.45, 7) is 16.3. The summed E-state index contributed by atoms with van der Waals surface area (Å²) in [7, 11) is 0. The Morgan fingerprint density at radius 2 is 0.371 bits per heavy atom. The predicted octanol–water partition coefficient (Wildman–Crippen LogP) is 7.97. The van der Waals surface area contributed by atoms with Gasteiger partial charge >= 0.3 is 71.6 Å². The minimum atomic E-state index is -1.67. The molecule has 0 aromatic heterocycles. The first kappa shape index (κ1) is 81.0. The van der Waals surface area contributed by atoms with E-state index in [0.717, 1.165) is 36.5 Å². The monoisotopic (exact) mass is 1260 g/mol. The van der Waals surface area contributed by atoms with Crippen molar-refractivity contribution in [2.24, 2.45) is 10.8 Å². The van der Waals surface area contributed by atoms with Gasteiger partial charge in [-0.2, -0.15) is 0 Å². The maximum atomic E-state index is 13.4. The van der Waals surface area contributed by atoms with Gasteiger partial charge in [0, 0.05) is 75.0 Å². The highest BCUT2D eigenvalue weighted by molar-refractivity contribution is 5.83. The van der Waals surface area contributed by atoms with Gasteiger partial charge in [0.05, 0.1) is 63.7 Å². The zero-order valence-corrected chi connectivity index (χ0v) is 51.8. The van der Waals surface area contributed by atoms with E-state index in [9.17, 15) is 57.5 Å². The lowest BCUT2D eigenvalue weighted by Gasteiger charge is -2.35. The van der Waals surface area contributed by atoms with Gasteiger partial charge in [-0.25, -0.2) is 28.8 Å². The van der Waals surface area contributed by atoms with Crippen molar-refractivity contribution in [2.45, 2.75) is 154 Å². The molecule has 0 radical (unpaired) electrons. The fourth-order valence-corrected chi connectivity index (χ4v) is 7.50. The van der Waals surface area contributed by atoms with Gasteiger partial charge in [0.15, 0.2) is 0 Å². The van der Waals surface area contributed by atoms with Gasteiger partial charge in [-0.3, -0.25) is 28.8 Å². The minimum Gasteiger partial charge on any atom is -0.465 e. The molecule has 0 aliphatic carbocycles. The quantitative estimate of drug-likeness (QED) is 0.0241. The number of carbonyl (C=O) groups excluding carboxylic acids is 12. The molecule has 500 valence electrons. The van der Waals surface area contributed by atoms with Crippen LogP contribution in [-0.4, -0.2) is 164 Å². The molecule has 0 aliphatic heterocycles. The van der Waals surface area contributed by atoms with Crippen LogP contribution >= 0.6 is 0 Å². The van der Waals surface area contributed by atoms with Gasteiger partial charge in [-0.15, -0.1) is 0 Å². The Morgan fingerprint density at radius 1 is 0.213 bits per heavy atom. The number of esters is 12. The van der Waals surface area contributed by atoms with Gasteiger partial charge in [0.25, 0.3) is 0 Å². The zero-order valence-electron chi connectivity index (χ0n) is 51.8. The van der Waals surface area contributed by atoms with E-state index in [1.807, 2.05) is 0 Å².